The number of hydrogen-bond donors (Lipinski definition) is 2. The molecule has 0 bridgehead atoms. The van der Waals surface area contributed by atoms with Crippen LogP contribution < -0.4 is 25.8 Å². The molecule has 3 aromatic rings. The second-order valence-corrected chi connectivity index (χ2v) is 10.9. The number of aromatic amines is 1. The number of para-hydroxylation sites is 1. The first kappa shape index (κ1) is 23.8. The quantitative estimate of drug-likeness (QED) is 0.239. The lowest BCUT2D eigenvalue weighted by molar-refractivity contribution is -0.508. The van der Waals surface area contributed by atoms with Crippen LogP contribution in [0.4, 0.5) is 5.69 Å². The van der Waals surface area contributed by atoms with Gasteiger partial charge in [-0.3, -0.25) is 0 Å². The van der Waals surface area contributed by atoms with Crippen molar-refractivity contribution in [1.29, 1.82) is 0 Å². The number of nitrogens with zero attached hydrogens (tertiary/aromatic N) is 4. The number of anilines is 1. The number of aliphatic imine (C=N–C) groups is 1. The predicted molar refractivity (Wildman–Crippen MR) is 153 cm³/mol. The second-order valence-electron chi connectivity index (χ2n) is 10.9. The molecule has 2 N–H and O–H groups in total. The maximum absolute atomic E-state index is 13.3. The van der Waals surface area contributed by atoms with Gasteiger partial charge in [0.2, 0.25) is 6.54 Å². The predicted octanol–water partition coefficient (Wildman–Crippen LogP) is 3.29. The number of allylic oxidation sites excluding steroid dienone is 2. The molecular weight excluding hydrogens is 488 g/mol. The van der Waals surface area contributed by atoms with Gasteiger partial charge in [0.05, 0.1) is 17.1 Å². The van der Waals surface area contributed by atoms with Gasteiger partial charge < -0.3 is 25.5 Å². The maximum Gasteiger partial charge on any atom is 0.208 e. The van der Waals surface area contributed by atoms with E-state index in [4.69, 9.17) is 0 Å². The molecule has 7 rings (SSSR count). The lowest BCUT2D eigenvalue weighted by Crippen LogP contribution is -2.37. The summed E-state index contributed by atoms with van der Waals surface area (Å²) in [6, 6.07) is 9.19. The molecular formula is C31H31N6O2-. The molecule has 2 aliphatic heterocycles. The fraction of sp³-hybridized carbons (Fsp3) is 0.323. The number of amidine groups is 1. The third-order valence-electron chi connectivity index (χ3n) is 8.45. The number of rotatable bonds is 4. The van der Waals surface area contributed by atoms with E-state index in [0.717, 1.165) is 73.5 Å². The van der Waals surface area contributed by atoms with E-state index in [2.05, 4.69) is 52.5 Å². The number of H-pyrrole nitrogens is 1. The molecule has 0 fully saturated rings. The molecule has 1 aromatic heterocycles. The Labute approximate surface area is 226 Å². The van der Waals surface area contributed by atoms with Gasteiger partial charge in [0.1, 0.15) is 11.5 Å². The largest absolute Gasteiger partial charge is 0.846 e. The summed E-state index contributed by atoms with van der Waals surface area (Å²) in [6.45, 7) is 5.10. The van der Waals surface area contributed by atoms with E-state index in [0.29, 0.717) is 18.3 Å². The van der Waals surface area contributed by atoms with Crippen LogP contribution in [0, 0.1) is 17.0 Å². The summed E-state index contributed by atoms with van der Waals surface area (Å²) >= 11 is 0. The summed E-state index contributed by atoms with van der Waals surface area (Å²) in [5.74, 6) is 1.12. The summed E-state index contributed by atoms with van der Waals surface area (Å²) in [6.07, 6.45) is 10.1. The first-order valence-corrected chi connectivity index (χ1v) is 13.8. The number of hydroxylamine groups is 1. The van der Waals surface area contributed by atoms with Gasteiger partial charge in [0.25, 0.3) is 0 Å². The third-order valence-corrected chi connectivity index (χ3v) is 8.45. The van der Waals surface area contributed by atoms with Crippen LogP contribution in [0.3, 0.4) is 0 Å². The Hall–Kier alpha value is -4.33. The molecule has 2 aliphatic carbocycles. The van der Waals surface area contributed by atoms with Crippen molar-refractivity contribution in [3.63, 3.8) is 0 Å². The lowest BCUT2D eigenvalue weighted by Gasteiger charge is -2.25. The average molecular weight is 520 g/mol. The number of benzene rings is 2. The van der Waals surface area contributed by atoms with Crippen molar-refractivity contribution < 1.29 is 9.97 Å². The molecule has 4 aliphatic rings. The second kappa shape index (κ2) is 8.86. The van der Waals surface area contributed by atoms with Crippen LogP contribution in [0.2, 0.25) is 0 Å². The van der Waals surface area contributed by atoms with Crippen molar-refractivity contribution in [1.82, 2.24) is 10.3 Å². The van der Waals surface area contributed by atoms with Gasteiger partial charge in [0, 0.05) is 63.0 Å². The molecule has 0 spiro atoms. The van der Waals surface area contributed by atoms with E-state index in [1.165, 1.54) is 11.3 Å². The van der Waals surface area contributed by atoms with Gasteiger partial charge in [0.15, 0.2) is 0 Å². The molecule has 8 nitrogen and oxygen atoms in total. The van der Waals surface area contributed by atoms with Crippen molar-refractivity contribution in [2.75, 3.05) is 18.5 Å². The maximum atomic E-state index is 13.3. The van der Waals surface area contributed by atoms with E-state index >= 15 is 0 Å². The van der Waals surface area contributed by atoms with Gasteiger partial charge in [-0.05, 0) is 36.5 Å². The van der Waals surface area contributed by atoms with E-state index in [-0.39, 0.29) is 18.5 Å². The number of azo groups is 1. The molecule has 3 heterocycles. The minimum Gasteiger partial charge on any atom is -0.846 e. The van der Waals surface area contributed by atoms with Crippen LogP contribution >= 0.6 is 0 Å². The topological polar surface area (TPSA) is 105 Å². The molecule has 0 saturated carbocycles. The highest BCUT2D eigenvalue weighted by molar-refractivity contribution is 5.99. The van der Waals surface area contributed by atoms with Gasteiger partial charge >= 0.3 is 0 Å². The Kier molecular flexibility index (Phi) is 5.40. The van der Waals surface area contributed by atoms with Crippen molar-refractivity contribution >= 4 is 46.2 Å². The molecule has 39 heavy (non-hydrogen) atoms. The molecule has 0 amide bonds. The highest BCUT2D eigenvalue weighted by atomic mass is 16.5. The normalized spacial score (nSPS) is 21.3. The first-order valence-electron chi connectivity index (χ1n) is 13.8. The third kappa shape index (κ3) is 3.61. The van der Waals surface area contributed by atoms with E-state index in [1.807, 2.05) is 30.3 Å². The standard InChI is InChI=1S/C31H32N6O2/c1-4-8-18-11-12-20-24(14-18)33-29-21-13-17(2)28-23(16-37(39)35-28)25(21)22-15-32-30(27(22)26(20)29)34-31(38)36(3)19-9-6-5-7-10-19/h5-7,9-13,17-18,32-33H,4,8,14-16H2,1-3H3,(H,34,38)/p-1. The molecule has 2 atom stereocenters. The summed E-state index contributed by atoms with van der Waals surface area (Å²) in [5, 5.41) is 36.7. The molecule has 0 saturated heterocycles. The summed E-state index contributed by atoms with van der Waals surface area (Å²) < 4.78 is 0. The van der Waals surface area contributed by atoms with Crippen LogP contribution in [0.1, 0.15) is 49.1 Å². The van der Waals surface area contributed by atoms with E-state index in [9.17, 15) is 10.3 Å². The first-order chi connectivity index (χ1) is 18.9. The molecule has 0 radical (unpaired) electrons. The molecule has 198 valence electrons. The fourth-order valence-corrected chi connectivity index (χ4v) is 6.64. The Bertz CT molecular complexity index is 1780. The van der Waals surface area contributed by atoms with Crippen molar-refractivity contribution in [2.45, 2.75) is 39.7 Å². The van der Waals surface area contributed by atoms with Crippen LogP contribution in [0.25, 0.3) is 34.4 Å². The smallest absolute Gasteiger partial charge is 0.208 e. The van der Waals surface area contributed by atoms with E-state index in [1.54, 1.807) is 11.9 Å². The number of aromatic nitrogens is 1. The fourth-order valence-electron chi connectivity index (χ4n) is 6.64. The van der Waals surface area contributed by atoms with Gasteiger partial charge in [-0.1, -0.05) is 61.6 Å². The Balaban J connectivity index is 1.51. The number of nitrogens with one attached hydrogen (secondary N) is 2. The van der Waals surface area contributed by atoms with Crippen LogP contribution in [-0.2, 0) is 13.0 Å². The lowest BCUT2D eigenvalue weighted by atomic mass is 9.84. The van der Waals surface area contributed by atoms with Crippen LogP contribution in [0.15, 0.2) is 52.2 Å². The summed E-state index contributed by atoms with van der Waals surface area (Å²) in [4.78, 5) is 10.8. The molecule has 2 aromatic carbocycles. The van der Waals surface area contributed by atoms with Gasteiger partial charge in [-0.2, -0.15) is 0 Å². The Morgan fingerprint density at radius 1 is 1.26 bits per heavy atom. The van der Waals surface area contributed by atoms with Crippen LogP contribution in [-0.4, -0.2) is 29.5 Å². The van der Waals surface area contributed by atoms with E-state index < -0.39 is 0 Å². The summed E-state index contributed by atoms with van der Waals surface area (Å²) in [7, 11) is 1.74. The highest BCUT2D eigenvalue weighted by Gasteiger charge is 2.35. The van der Waals surface area contributed by atoms with Crippen molar-refractivity contribution in [3.8, 4) is 0 Å². The average Bonchev–Trinajstić information content (AvgIpc) is 3.63. The monoisotopic (exact) mass is 519 g/mol. The zero-order valence-electron chi connectivity index (χ0n) is 22.4. The minimum atomic E-state index is -0.341. The molecule has 8 heteroatoms. The Morgan fingerprint density at radius 2 is 2.08 bits per heavy atom. The Morgan fingerprint density at radius 3 is 2.87 bits per heavy atom. The van der Waals surface area contributed by atoms with Gasteiger partial charge in [-0.25, -0.2) is 4.99 Å². The zero-order chi connectivity index (χ0) is 26.8. The van der Waals surface area contributed by atoms with Crippen molar-refractivity contribution in [2.24, 2.45) is 21.9 Å². The summed E-state index contributed by atoms with van der Waals surface area (Å²) in [5.41, 5.74) is 8.20. The number of fused-ring (bicyclic) bond motifs is 9. The SMILES string of the molecule is CCCC1C=Cc2c([nH]c3c4c(c5c(c23)=C(N=C([O-])N(C)c2ccccc2)NC5)C2=C(N=[N+]([O-])C2)C(C)C=4)C1. The van der Waals surface area contributed by atoms with Gasteiger partial charge in [-0.15, -0.1) is 0 Å². The van der Waals surface area contributed by atoms with Crippen LogP contribution in [0.5, 0.6) is 0 Å². The molecule has 2 unspecified atom stereocenters. The van der Waals surface area contributed by atoms with Crippen molar-refractivity contribution in [3.05, 3.63) is 80.1 Å². The number of hydrogen-bond acceptors (Lipinski definition) is 5. The minimum absolute atomic E-state index is 0.0417. The zero-order valence-corrected chi connectivity index (χ0v) is 22.4. The highest BCUT2D eigenvalue weighted by Crippen LogP contribution is 2.37.